The van der Waals surface area contributed by atoms with Gasteiger partial charge in [0, 0.05) is 18.1 Å². The summed E-state index contributed by atoms with van der Waals surface area (Å²) in [6.07, 6.45) is 1.68. The van der Waals surface area contributed by atoms with Gasteiger partial charge < -0.3 is 5.32 Å². The Morgan fingerprint density at radius 2 is 1.58 bits per heavy atom. The second-order valence-corrected chi connectivity index (χ2v) is 5.70. The highest BCUT2D eigenvalue weighted by Gasteiger charge is 2.10. The molecule has 0 bridgehead atoms. The lowest BCUT2D eigenvalue weighted by atomic mass is 10.0. The first kappa shape index (κ1) is 14.4. The maximum absolute atomic E-state index is 12.6. The van der Waals surface area contributed by atoms with Crippen LogP contribution < -0.4 is 5.32 Å². The maximum atomic E-state index is 12.6. The van der Waals surface area contributed by atoms with Crippen LogP contribution in [0.15, 0.2) is 79.0 Å². The molecule has 24 heavy (non-hydrogen) atoms. The van der Waals surface area contributed by atoms with Crippen LogP contribution in [0.1, 0.15) is 15.9 Å². The predicted octanol–water partition coefficient (Wildman–Crippen LogP) is 4.32. The second kappa shape index (κ2) is 6.13. The van der Waals surface area contributed by atoms with Crippen molar-refractivity contribution in [2.45, 2.75) is 6.54 Å². The summed E-state index contributed by atoms with van der Waals surface area (Å²) in [5.41, 5.74) is 2.59. The van der Waals surface area contributed by atoms with Crippen molar-refractivity contribution in [3.05, 3.63) is 90.1 Å². The summed E-state index contributed by atoms with van der Waals surface area (Å²) in [4.78, 5) is 16.9. The first-order chi connectivity index (χ1) is 11.8. The molecule has 0 aliphatic rings. The van der Waals surface area contributed by atoms with E-state index in [0.717, 1.165) is 16.5 Å². The fraction of sp³-hybridized carbons (Fsp3) is 0.0476. The van der Waals surface area contributed by atoms with Crippen molar-refractivity contribution in [2.24, 2.45) is 0 Å². The zero-order valence-corrected chi connectivity index (χ0v) is 13.1. The molecule has 0 aliphatic heterocycles. The van der Waals surface area contributed by atoms with Gasteiger partial charge in [0.1, 0.15) is 0 Å². The highest BCUT2D eigenvalue weighted by atomic mass is 16.1. The van der Waals surface area contributed by atoms with E-state index in [-0.39, 0.29) is 5.91 Å². The monoisotopic (exact) mass is 312 g/mol. The van der Waals surface area contributed by atoms with Gasteiger partial charge in [0.2, 0.25) is 0 Å². The Kier molecular flexibility index (Phi) is 3.67. The van der Waals surface area contributed by atoms with Gasteiger partial charge in [-0.15, -0.1) is 0 Å². The number of amides is 1. The number of carbonyl (C=O) groups is 1. The van der Waals surface area contributed by atoms with E-state index in [9.17, 15) is 4.79 Å². The lowest BCUT2D eigenvalue weighted by Gasteiger charge is -2.10. The van der Waals surface area contributed by atoms with Crippen molar-refractivity contribution in [1.29, 1.82) is 0 Å². The van der Waals surface area contributed by atoms with Gasteiger partial charge in [-0.05, 0) is 28.5 Å². The van der Waals surface area contributed by atoms with Gasteiger partial charge in [-0.2, -0.15) is 0 Å². The smallest absolute Gasteiger partial charge is 0.252 e. The quantitative estimate of drug-likeness (QED) is 0.612. The number of benzene rings is 3. The lowest BCUT2D eigenvalue weighted by molar-refractivity contribution is 0.0952. The van der Waals surface area contributed by atoms with Crippen molar-refractivity contribution in [3.8, 4) is 0 Å². The summed E-state index contributed by atoms with van der Waals surface area (Å²) in [6, 6.07) is 23.8. The number of pyridine rings is 1. The summed E-state index contributed by atoms with van der Waals surface area (Å²) < 4.78 is 0. The van der Waals surface area contributed by atoms with E-state index in [0.29, 0.717) is 12.1 Å². The number of fused-ring (bicyclic) bond motifs is 2. The first-order valence-corrected chi connectivity index (χ1v) is 7.91. The minimum absolute atomic E-state index is 0.0819. The van der Waals surface area contributed by atoms with Crippen molar-refractivity contribution in [1.82, 2.24) is 10.3 Å². The third-order valence-electron chi connectivity index (χ3n) is 4.21. The fourth-order valence-corrected chi connectivity index (χ4v) is 3.01. The summed E-state index contributed by atoms with van der Waals surface area (Å²) in [5.74, 6) is -0.0819. The average molecular weight is 312 g/mol. The molecule has 3 aromatic carbocycles. The van der Waals surface area contributed by atoms with Crippen LogP contribution in [0.2, 0.25) is 0 Å². The summed E-state index contributed by atoms with van der Waals surface area (Å²) >= 11 is 0. The molecule has 0 spiro atoms. The van der Waals surface area contributed by atoms with Gasteiger partial charge in [0.25, 0.3) is 5.91 Å². The molecule has 0 radical (unpaired) electrons. The molecular weight excluding hydrogens is 296 g/mol. The molecule has 116 valence electrons. The van der Waals surface area contributed by atoms with Crippen molar-refractivity contribution in [3.63, 3.8) is 0 Å². The van der Waals surface area contributed by atoms with Crippen LogP contribution in [0.5, 0.6) is 0 Å². The highest BCUT2D eigenvalue weighted by Crippen LogP contribution is 2.19. The predicted molar refractivity (Wildman–Crippen MR) is 96.9 cm³/mol. The van der Waals surface area contributed by atoms with Gasteiger partial charge in [-0.25, -0.2) is 0 Å². The number of hydrogen-bond acceptors (Lipinski definition) is 2. The summed E-state index contributed by atoms with van der Waals surface area (Å²) in [5, 5.41) is 6.25. The van der Waals surface area contributed by atoms with Crippen LogP contribution >= 0.6 is 0 Å². The Morgan fingerprint density at radius 1 is 0.833 bits per heavy atom. The molecule has 4 rings (SSSR count). The molecule has 0 atom stereocenters. The molecule has 1 amide bonds. The van der Waals surface area contributed by atoms with Crippen LogP contribution in [-0.4, -0.2) is 10.9 Å². The Labute approximate surface area is 140 Å². The number of nitrogens with zero attached hydrogens (tertiary/aromatic N) is 1. The fourth-order valence-electron chi connectivity index (χ4n) is 3.01. The molecule has 0 aliphatic carbocycles. The van der Waals surface area contributed by atoms with Crippen molar-refractivity contribution in [2.75, 3.05) is 0 Å². The van der Waals surface area contributed by atoms with Crippen LogP contribution in [0.3, 0.4) is 0 Å². The normalized spacial score (nSPS) is 10.8. The van der Waals surface area contributed by atoms with Crippen LogP contribution in [0, 0.1) is 0 Å². The van der Waals surface area contributed by atoms with Crippen LogP contribution in [-0.2, 0) is 6.54 Å². The van der Waals surface area contributed by atoms with E-state index in [4.69, 9.17) is 0 Å². The van der Waals surface area contributed by atoms with Gasteiger partial charge in [-0.1, -0.05) is 60.7 Å². The third-order valence-corrected chi connectivity index (χ3v) is 4.21. The Hall–Kier alpha value is -3.20. The largest absolute Gasteiger partial charge is 0.348 e. The minimum atomic E-state index is -0.0819. The molecule has 1 N–H and O–H groups in total. The van der Waals surface area contributed by atoms with E-state index in [1.165, 1.54) is 10.8 Å². The number of para-hydroxylation sites is 1. The molecule has 1 aromatic heterocycles. The summed E-state index contributed by atoms with van der Waals surface area (Å²) in [7, 11) is 0. The Balaban J connectivity index is 1.62. The average Bonchev–Trinajstić information content (AvgIpc) is 2.65. The van der Waals surface area contributed by atoms with Crippen molar-refractivity contribution < 1.29 is 4.79 Å². The molecule has 0 saturated heterocycles. The topological polar surface area (TPSA) is 42.0 Å². The van der Waals surface area contributed by atoms with Gasteiger partial charge in [0.05, 0.1) is 11.1 Å². The van der Waals surface area contributed by atoms with Crippen LogP contribution in [0.25, 0.3) is 21.7 Å². The Bertz CT molecular complexity index is 1030. The van der Waals surface area contributed by atoms with E-state index < -0.39 is 0 Å². The molecule has 1 heterocycles. The van der Waals surface area contributed by atoms with Crippen LogP contribution in [0.4, 0.5) is 0 Å². The third kappa shape index (κ3) is 2.61. The molecule has 3 heteroatoms. The number of nitrogens with one attached hydrogen (secondary N) is 1. The number of aromatic nitrogens is 1. The Morgan fingerprint density at radius 3 is 2.50 bits per heavy atom. The molecule has 0 fully saturated rings. The molecule has 0 unspecified atom stereocenters. The second-order valence-electron chi connectivity index (χ2n) is 5.70. The van der Waals surface area contributed by atoms with Gasteiger partial charge in [0.15, 0.2) is 0 Å². The molecular formula is C21H16N2O. The summed E-state index contributed by atoms with van der Waals surface area (Å²) in [6.45, 7) is 0.497. The highest BCUT2D eigenvalue weighted by molar-refractivity contribution is 6.06. The standard InChI is InChI=1S/C21H16N2O/c24-21(19-12-13-22-20-11-4-3-10-18(19)20)23-14-16-8-5-7-15-6-1-2-9-17(15)16/h1-13H,14H2,(H,23,24). The number of rotatable bonds is 3. The number of hydrogen-bond donors (Lipinski definition) is 1. The maximum Gasteiger partial charge on any atom is 0.252 e. The lowest BCUT2D eigenvalue weighted by Crippen LogP contribution is -2.23. The molecule has 0 saturated carbocycles. The van der Waals surface area contributed by atoms with E-state index >= 15 is 0 Å². The van der Waals surface area contributed by atoms with E-state index in [1.807, 2.05) is 48.5 Å². The zero-order valence-electron chi connectivity index (χ0n) is 13.1. The number of carbonyl (C=O) groups excluding carboxylic acids is 1. The molecule has 3 nitrogen and oxygen atoms in total. The SMILES string of the molecule is O=C(NCc1cccc2ccccc12)c1ccnc2ccccc12. The van der Waals surface area contributed by atoms with Gasteiger partial charge in [-0.3, -0.25) is 9.78 Å². The van der Waals surface area contributed by atoms with Crippen molar-refractivity contribution >= 4 is 27.6 Å². The zero-order chi connectivity index (χ0) is 16.4. The van der Waals surface area contributed by atoms with E-state index in [1.54, 1.807) is 12.3 Å². The first-order valence-electron chi connectivity index (χ1n) is 7.91. The van der Waals surface area contributed by atoms with E-state index in [2.05, 4.69) is 28.5 Å². The molecule has 4 aromatic rings. The van der Waals surface area contributed by atoms with Gasteiger partial charge >= 0.3 is 0 Å². The minimum Gasteiger partial charge on any atom is -0.348 e.